The van der Waals surface area contributed by atoms with Gasteiger partial charge in [0.2, 0.25) is 11.9 Å². The molecule has 0 saturated heterocycles. The maximum Gasteiger partial charge on any atom is 0.227 e. The molecule has 9 heteroatoms. The van der Waals surface area contributed by atoms with E-state index in [1.54, 1.807) is 0 Å². The lowest BCUT2D eigenvalue weighted by atomic mass is 10.3. The third-order valence-electron chi connectivity index (χ3n) is 3.54. The molecule has 2 aromatic carbocycles. The molecule has 0 aliphatic heterocycles. The number of rotatable bonds is 3. The van der Waals surface area contributed by atoms with Crippen LogP contribution >= 0.6 is 0 Å². The number of halogens is 2. The molecular formula is C16H10F2N6O. The molecule has 124 valence electrons. The van der Waals surface area contributed by atoms with Gasteiger partial charge in [-0.1, -0.05) is 0 Å². The zero-order valence-corrected chi connectivity index (χ0v) is 12.6. The fourth-order valence-electron chi connectivity index (χ4n) is 2.30. The Morgan fingerprint density at radius 2 is 1.40 bits per heavy atom. The van der Waals surface area contributed by atoms with E-state index in [-0.39, 0.29) is 11.5 Å². The molecule has 0 spiro atoms. The largest absolute Gasteiger partial charge is 0.692 e. The number of aromatic nitrogens is 6. The summed E-state index contributed by atoms with van der Waals surface area (Å²) in [7, 11) is 0. The van der Waals surface area contributed by atoms with E-state index in [0.717, 1.165) is 4.80 Å². The fraction of sp³-hybridized carbons (Fsp3) is 0. The first-order valence-corrected chi connectivity index (χ1v) is 7.24. The number of nitrogens with zero attached hydrogens (tertiary/aromatic N) is 6. The zero-order valence-electron chi connectivity index (χ0n) is 12.6. The highest BCUT2D eigenvalue weighted by atomic mass is 19.1. The van der Waals surface area contributed by atoms with E-state index in [1.807, 2.05) is 0 Å². The molecule has 0 fully saturated rings. The molecule has 0 saturated carbocycles. The lowest BCUT2D eigenvalue weighted by Gasteiger charge is -2.05. The molecule has 7 nitrogen and oxygen atoms in total. The van der Waals surface area contributed by atoms with E-state index < -0.39 is 5.82 Å². The summed E-state index contributed by atoms with van der Waals surface area (Å²) in [6.45, 7) is 0. The van der Waals surface area contributed by atoms with E-state index in [4.69, 9.17) is 0 Å². The van der Waals surface area contributed by atoms with Gasteiger partial charge in [-0.05, 0) is 53.3 Å². The summed E-state index contributed by atoms with van der Waals surface area (Å²) in [6, 6.07) is 11.0. The zero-order chi connectivity index (χ0) is 17.4. The van der Waals surface area contributed by atoms with Gasteiger partial charge in [0.05, 0.1) is 11.9 Å². The van der Waals surface area contributed by atoms with Crippen LogP contribution in [0.25, 0.3) is 22.8 Å². The van der Waals surface area contributed by atoms with Crippen molar-refractivity contribution in [3.05, 3.63) is 77.8 Å². The second-order valence-electron chi connectivity index (χ2n) is 5.16. The second kappa shape index (κ2) is 5.78. The first-order valence-electron chi connectivity index (χ1n) is 7.24. The van der Waals surface area contributed by atoms with Gasteiger partial charge in [-0.3, -0.25) is 0 Å². The summed E-state index contributed by atoms with van der Waals surface area (Å²) in [5.74, 6) is -0.773. The Morgan fingerprint density at radius 1 is 0.800 bits per heavy atom. The van der Waals surface area contributed by atoms with Gasteiger partial charge >= 0.3 is 0 Å². The van der Waals surface area contributed by atoms with Crippen LogP contribution in [-0.2, 0) is 0 Å². The number of hydrogen-bond donors (Lipinski definition) is 0. The first kappa shape index (κ1) is 14.9. The Labute approximate surface area is 139 Å². The molecule has 25 heavy (non-hydrogen) atoms. The first-order chi connectivity index (χ1) is 12.1. The minimum absolute atomic E-state index is 0.178. The molecular weight excluding hydrogens is 330 g/mol. The maximum atomic E-state index is 13.0. The summed E-state index contributed by atoms with van der Waals surface area (Å²) < 4.78 is 26.0. The Morgan fingerprint density at radius 3 is 2.04 bits per heavy atom. The molecule has 4 aromatic rings. The van der Waals surface area contributed by atoms with Crippen LogP contribution in [0.15, 0.2) is 60.9 Å². The molecule has 0 unspecified atom stereocenters. The quantitative estimate of drug-likeness (QED) is 0.422. The predicted octanol–water partition coefficient (Wildman–Crippen LogP) is 2.03. The summed E-state index contributed by atoms with van der Waals surface area (Å²) in [6.07, 6.45) is 2.75. The van der Waals surface area contributed by atoms with Gasteiger partial charge in [0.1, 0.15) is 17.3 Å². The van der Waals surface area contributed by atoms with E-state index in [2.05, 4.69) is 15.3 Å². The van der Waals surface area contributed by atoms with Gasteiger partial charge in [0.15, 0.2) is 5.69 Å². The molecule has 0 aliphatic rings. The molecule has 0 aliphatic carbocycles. The topological polar surface area (TPSA) is 75.5 Å². The van der Waals surface area contributed by atoms with Gasteiger partial charge < -0.3 is 5.21 Å². The minimum atomic E-state index is -0.407. The van der Waals surface area contributed by atoms with Crippen LogP contribution in [0.4, 0.5) is 8.78 Å². The van der Waals surface area contributed by atoms with Crippen molar-refractivity contribution in [2.45, 2.75) is 0 Å². The van der Waals surface area contributed by atoms with E-state index in [1.165, 1.54) is 65.7 Å². The SMILES string of the molecule is [O-][n+]1c(-c2cnn(-c3ccc(F)cc3)n2)cnn1-c1ccc(F)cc1. The van der Waals surface area contributed by atoms with Crippen molar-refractivity contribution in [3.8, 4) is 22.8 Å². The predicted molar refractivity (Wildman–Crippen MR) is 82.8 cm³/mol. The maximum absolute atomic E-state index is 13.0. The van der Waals surface area contributed by atoms with Crippen LogP contribution in [0, 0.1) is 16.8 Å². The molecule has 0 bridgehead atoms. The molecule has 4 rings (SSSR count). The van der Waals surface area contributed by atoms with E-state index in [9.17, 15) is 14.0 Å². The highest BCUT2D eigenvalue weighted by Crippen LogP contribution is 2.14. The molecule has 0 amide bonds. The van der Waals surface area contributed by atoms with Crippen LogP contribution in [0.1, 0.15) is 0 Å². The smallest absolute Gasteiger partial charge is 0.227 e. The third-order valence-corrected chi connectivity index (χ3v) is 3.54. The highest BCUT2D eigenvalue weighted by molar-refractivity contribution is 5.47. The number of benzene rings is 2. The van der Waals surface area contributed by atoms with Crippen LogP contribution in [0.2, 0.25) is 0 Å². The van der Waals surface area contributed by atoms with Gasteiger partial charge in [0, 0.05) is 5.10 Å². The summed E-state index contributed by atoms with van der Waals surface area (Å²) in [5, 5.41) is 24.7. The summed E-state index contributed by atoms with van der Waals surface area (Å²) in [4.78, 5) is 2.89. The van der Waals surface area contributed by atoms with Gasteiger partial charge in [-0.25, -0.2) is 8.78 Å². The van der Waals surface area contributed by atoms with Gasteiger partial charge in [-0.15, -0.1) is 9.94 Å². The monoisotopic (exact) mass is 340 g/mol. The highest BCUT2D eigenvalue weighted by Gasteiger charge is 2.19. The van der Waals surface area contributed by atoms with Crippen molar-refractivity contribution in [1.82, 2.24) is 24.9 Å². The third kappa shape index (κ3) is 2.71. The molecule has 0 radical (unpaired) electrons. The number of hydrogen-bond acceptors (Lipinski definition) is 4. The molecule has 0 N–H and O–H groups in total. The summed E-state index contributed by atoms with van der Waals surface area (Å²) >= 11 is 0. The van der Waals surface area contributed by atoms with Crippen molar-refractivity contribution in [1.29, 1.82) is 0 Å². The Kier molecular flexibility index (Phi) is 3.46. The molecule has 0 atom stereocenters. The van der Waals surface area contributed by atoms with Crippen LogP contribution in [0.3, 0.4) is 0 Å². The van der Waals surface area contributed by atoms with Crippen molar-refractivity contribution >= 4 is 0 Å². The lowest BCUT2D eigenvalue weighted by molar-refractivity contribution is -0.678. The second-order valence-corrected chi connectivity index (χ2v) is 5.16. The normalized spacial score (nSPS) is 11.0. The van der Waals surface area contributed by atoms with E-state index >= 15 is 0 Å². The Balaban J connectivity index is 1.69. The van der Waals surface area contributed by atoms with Crippen molar-refractivity contribution in [3.63, 3.8) is 0 Å². The van der Waals surface area contributed by atoms with Crippen molar-refractivity contribution in [2.24, 2.45) is 0 Å². The average Bonchev–Trinajstić information content (AvgIpc) is 3.23. The molecule has 2 aromatic heterocycles. The average molecular weight is 340 g/mol. The Hall–Kier alpha value is -3.62. The standard InChI is InChI=1S/C16H10F2N6O/c17-11-1-5-13(6-2-11)22-19-9-15(21-22)16-10-20-23(24(16)25)14-7-3-12(18)4-8-14/h1-10H. The van der Waals surface area contributed by atoms with Crippen LogP contribution < -0.4 is 4.85 Å². The van der Waals surface area contributed by atoms with Crippen LogP contribution in [-0.4, -0.2) is 24.9 Å². The van der Waals surface area contributed by atoms with E-state index in [0.29, 0.717) is 21.9 Å². The van der Waals surface area contributed by atoms with Gasteiger partial charge in [-0.2, -0.15) is 9.90 Å². The summed E-state index contributed by atoms with van der Waals surface area (Å²) in [5.41, 5.74) is 1.44. The van der Waals surface area contributed by atoms with Crippen LogP contribution in [0.5, 0.6) is 0 Å². The van der Waals surface area contributed by atoms with Crippen molar-refractivity contribution < 1.29 is 13.6 Å². The molecule has 2 heterocycles. The minimum Gasteiger partial charge on any atom is -0.692 e. The Bertz CT molecular complexity index is 1020. The fourth-order valence-corrected chi connectivity index (χ4v) is 2.30. The lowest BCUT2D eigenvalue weighted by Crippen LogP contribution is -2.38. The van der Waals surface area contributed by atoms with Gasteiger partial charge in [0.25, 0.3) is 0 Å². The van der Waals surface area contributed by atoms with Crippen molar-refractivity contribution in [2.75, 3.05) is 0 Å².